The van der Waals surface area contributed by atoms with Crippen molar-refractivity contribution < 1.29 is 4.42 Å². The van der Waals surface area contributed by atoms with Crippen molar-refractivity contribution in [1.29, 1.82) is 0 Å². The number of benzene rings is 10. The Morgan fingerprint density at radius 3 is 1.59 bits per heavy atom. The van der Waals surface area contributed by atoms with E-state index in [0.717, 1.165) is 50.3 Å². The predicted octanol–water partition coefficient (Wildman–Crippen LogP) is 16.3. The van der Waals surface area contributed by atoms with Gasteiger partial charge in [0.05, 0.1) is 16.7 Å². The molecule has 12 aromatic rings. The van der Waals surface area contributed by atoms with Crippen LogP contribution in [0, 0.1) is 0 Å². The first-order valence-electron chi connectivity index (χ1n) is 20.8. The number of furan rings is 1. The Balaban J connectivity index is 0.932. The van der Waals surface area contributed by atoms with E-state index >= 15 is 0 Å². The largest absolute Gasteiger partial charge is 0.456 e. The third kappa shape index (κ3) is 5.98. The highest BCUT2D eigenvalue weighted by atomic mass is 16.3. The number of nitrogens with zero attached hydrogens (tertiary/aromatic N) is 2. The number of rotatable bonds is 7. The number of anilines is 3. The minimum atomic E-state index is 0.881. The number of hydrogen-bond acceptors (Lipinski definition) is 2. The molecule has 0 N–H and O–H groups in total. The standard InChI is InChI=1S/C58H38N2O/c1-2-13-42-36-44(25-24-39(42)12-1)41-28-32-47(33-29-41)59(48-34-35-58-53(38-48)52-19-6-10-23-57(52)61-58)46-30-26-40(27-31-46)43-14-11-15-45(37-43)49-16-3-7-20-54(49)60-55-21-8-4-17-50(55)51-18-5-9-22-56(51)60/h1-38H. The highest BCUT2D eigenvalue weighted by Gasteiger charge is 2.18. The number of aromatic nitrogens is 1. The summed E-state index contributed by atoms with van der Waals surface area (Å²) in [5.74, 6) is 0. The lowest BCUT2D eigenvalue weighted by Gasteiger charge is -2.26. The SMILES string of the molecule is c1cc(-c2ccc(N(c3ccc(-c4ccc5ccccc5c4)cc3)c3ccc4oc5ccccc5c4c3)cc2)cc(-c2ccccc2-n2c3ccccc3c3ccccc32)c1. The van der Waals surface area contributed by atoms with Gasteiger partial charge in [-0.2, -0.15) is 0 Å². The summed E-state index contributed by atoms with van der Waals surface area (Å²) < 4.78 is 8.66. The molecule has 61 heavy (non-hydrogen) atoms. The van der Waals surface area contributed by atoms with Gasteiger partial charge in [0.1, 0.15) is 11.2 Å². The van der Waals surface area contributed by atoms with Crippen LogP contribution in [-0.4, -0.2) is 4.57 Å². The van der Waals surface area contributed by atoms with Crippen LogP contribution in [0.15, 0.2) is 235 Å². The Hall–Kier alpha value is -8.14. The molecule has 0 aliphatic heterocycles. The minimum absolute atomic E-state index is 0.881. The molecule has 12 rings (SSSR count). The van der Waals surface area contributed by atoms with Gasteiger partial charge in [0.15, 0.2) is 0 Å². The van der Waals surface area contributed by atoms with E-state index in [2.05, 4.69) is 228 Å². The van der Waals surface area contributed by atoms with E-state index in [9.17, 15) is 0 Å². The zero-order chi connectivity index (χ0) is 40.3. The minimum Gasteiger partial charge on any atom is -0.456 e. The molecule has 0 atom stereocenters. The summed E-state index contributed by atoms with van der Waals surface area (Å²) in [5, 5.41) is 7.21. The quantitative estimate of drug-likeness (QED) is 0.161. The zero-order valence-corrected chi connectivity index (χ0v) is 33.2. The van der Waals surface area contributed by atoms with Crippen LogP contribution in [0.2, 0.25) is 0 Å². The Morgan fingerprint density at radius 1 is 0.311 bits per heavy atom. The van der Waals surface area contributed by atoms with Gasteiger partial charge in [0, 0.05) is 44.2 Å². The molecule has 0 amide bonds. The van der Waals surface area contributed by atoms with E-state index in [4.69, 9.17) is 4.42 Å². The van der Waals surface area contributed by atoms with Gasteiger partial charge in [-0.1, -0.05) is 152 Å². The Bertz CT molecular complexity index is 3540. The van der Waals surface area contributed by atoms with Gasteiger partial charge in [-0.3, -0.25) is 0 Å². The zero-order valence-electron chi connectivity index (χ0n) is 33.2. The summed E-state index contributed by atoms with van der Waals surface area (Å²) >= 11 is 0. The topological polar surface area (TPSA) is 21.3 Å². The fourth-order valence-electron chi connectivity index (χ4n) is 9.24. The molecule has 0 aliphatic rings. The molecule has 0 spiro atoms. The van der Waals surface area contributed by atoms with Gasteiger partial charge < -0.3 is 13.9 Å². The molecule has 3 nitrogen and oxygen atoms in total. The van der Waals surface area contributed by atoms with Crippen LogP contribution in [0.3, 0.4) is 0 Å². The second kappa shape index (κ2) is 14.3. The molecule has 0 saturated heterocycles. The lowest BCUT2D eigenvalue weighted by atomic mass is 9.97. The molecule has 3 heteroatoms. The first-order chi connectivity index (χ1) is 30.2. The maximum absolute atomic E-state index is 6.25. The molecule has 0 radical (unpaired) electrons. The third-order valence-corrected chi connectivity index (χ3v) is 12.2. The van der Waals surface area contributed by atoms with E-state index < -0.39 is 0 Å². The maximum Gasteiger partial charge on any atom is 0.135 e. The van der Waals surface area contributed by atoms with Crippen LogP contribution < -0.4 is 4.90 Å². The molecule has 0 saturated carbocycles. The highest BCUT2D eigenvalue weighted by molar-refractivity contribution is 6.10. The van der Waals surface area contributed by atoms with Crippen LogP contribution in [0.1, 0.15) is 0 Å². The van der Waals surface area contributed by atoms with E-state index in [1.165, 1.54) is 60.4 Å². The number of fused-ring (bicyclic) bond motifs is 7. The second-order valence-electron chi connectivity index (χ2n) is 15.7. The van der Waals surface area contributed by atoms with Crippen molar-refractivity contribution in [2.24, 2.45) is 0 Å². The van der Waals surface area contributed by atoms with Gasteiger partial charge in [0.2, 0.25) is 0 Å². The fourth-order valence-corrected chi connectivity index (χ4v) is 9.24. The van der Waals surface area contributed by atoms with Crippen molar-refractivity contribution in [1.82, 2.24) is 4.57 Å². The molecular weight excluding hydrogens is 741 g/mol. The van der Waals surface area contributed by atoms with Crippen LogP contribution in [0.4, 0.5) is 17.1 Å². The van der Waals surface area contributed by atoms with E-state index in [0.29, 0.717) is 0 Å². The third-order valence-electron chi connectivity index (χ3n) is 12.2. The van der Waals surface area contributed by atoms with Gasteiger partial charge in [-0.15, -0.1) is 0 Å². The first-order valence-corrected chi connectivity index (χ1v) is 20.8. The summed E-state index contributed by atoms with van der Waals surface area (Å²) in [4.78, 5) is 2.34. The molecular formula is C58H38N2O. The maximum atomic E-state index is 6.25. The number of hydrogen-bond donors (Lipinski definition) is 0. The van der Waals surface area contributed by atoms with Crippen molar-refractivity contribution in [3.63, 3.8) is 0 Å². The smallest absolute Gasteiger partial charge is 0.135 e. The first kappa shape index (κ1) is 34.9. The van der Waals surface area contributed by atoms with E-state index in [1.807, 2.05) is 12.1 Å². The summed E-state index contributed by atoms with van der Waals surface area (Å²) in [5.41, 5.74) is 15.6. The molecule has 0 unspecified atom stereocenters. The van der Waals surface area contributed by atoms with Crippen molar-refractivity contribution in [2.45, 2.75) is 0 Å². The summed E-state index contributed by atoms with van der Waals surface area (Å²) in [6.45, 7) is 0. The molecule has 10 aromatic carbocycles. The van der Waals surface area contributed by atoms with Gasteiger partial charge in [-0.05, 0) is 117 Å². The van der Waals surface area contributed by atoms with Crippen LogP contribution in [0.25, 0.3) is 93.6 Å². The average Bonchev–Trinajstić information content (AvgIpc) is 3.87. The molecule has 286 valence electrons. The van der Waals surface area contributed by atoms with Gasteiger partial charge >= 0.3 is 0 Å². The highest BCUT2D eigenvalue weighted by Crippen LogP contribution is 2.41. The van der Waals surface area contributed by atoms with Crippen molar-refractivity contribution >= 4 is 71.6 Å². The monoisotopic (exact) mass is 778 g/mol. The van der Waals surface area contributed by atoms with Gasteiger partial charge in [0.25, 0.3) is 0 Å². The summed E-state index contributed by atoms with van der Waals surface area (Å²) in [6.07, 6.45) is 0. The normalized spacial score (nSPS) is 11.6. The summed E-state index contributed by atoms with van der Waals surface area (Å²) in [6, 6.07) is 83.0. The van der Waals surface area contributed by atoms with Crippen molar-refractivity contribution in [3.05, 3.63) is 231 Å². The van der Waals surface area contributed by atoms with Crippen LogP contribution in [0.5, 0.6) is 0 Å². The second-order valence-corrected chi connectivity index (χ2v) is 15.7. The van der Waals surface area contributed by atoms with Gasteiger partial charge in [-0.25, -0.2) is 0 Å². The Morgan fingerprint density at radius 2 is 0.852 bits per heavy atom. The Labute approximate surface area is 353 Å². The predicted molar refractivity (Wildman–Crippen MR) is 257 cm³/mol. The average molecular weight is 779 g/mol. The molecule has 0 fully saturated rings. The molecule has 0 bridgehead atoms. The van der Waals surface area contributed by atoms with Crippen LogP contribution >= 0.6 is 0 Å². The lowest BCUT2D eigenvalue weighted by molar-refractivity contribution is 0.669. The Kier molecular flexibility index (Phi) is 8.17. The number of para-hydroxylation sites is 4. The van der Waals surface area contributed by atoms with Crippen LogP contribution in [-0.2, 0) is 0 Å². The van der Waals surface area contributed by atoms with E-state index in [1.54, 1.807) is 0 Å². The van der Waals surface area contributed by atoms with E-state index in [-0.39, 0.29) is 0 Å². The fraction of sp³-hybridized carbons (Fsp3) is 0. The van der Waals surface area contributed by atoms with Crippen molar-refractivity contribution in [3.8, 4) is 39.1 Å². The summed E-state index contributed by atoms with van der Waals surface area (Å²) in [7, 11) is 0. The molecule has 2 heterocycles. The molecule has 0 aliphatic carbocycles. The lowest BCUT2D eigenvalue weighted by Crippen LogP contribution is -2.09. The molecule has 2 aromatic heterocycles. The van der Waals surface area contributed by atoms with Crippen molar-refractivity contribution in [2.75, 3.05) is 4.90 Å².